The van der Waals surface area contributed by atoms with Gasteiger partial charge >= 0.3 is 6.03 Å². The summed E-state index contributed by atoms with van der Waals surface area (Å²) in [4.78, 5) is 25.8. The molecule has 2 N–H and O–H groups in total. The number of amides is 3. The van der Waals surface area contributed by atoms with Crippen LogP contribution in [-0.4, -0.2) is 68.3 Å². The fourth-order valence-corrected chi connectivity index (χ4v) is 5.28. The molecule has 2 aliphatic carbocycles. The second-order valence-electron chi connectivity index (χ2n) is 7.76. The molecule has 0 radical (unpaired) electrons. The van der Waals surface area contributed by atoms with Crippen molar-refractivity contribution in [2.45, 2.75) is 43.0 Å². The summed E-state index contributed by atoms with van der Waals surface area (Å²) in [6.45, 7) is 1.68. The predicted molar refractivity (Wildman–Crippen MR) is 103 cm³/mol. The van der Waals surface area contributed by atoms with Crippen molar-refractivity contribution in [3.63, 3.8) is 0 Å². The van der Waals surface area contributed by atoms with Gasteiger partial charge in [-0.3, -0.25) is 15.0 Å². The Bertz CT molecular complexity index is 874. The molecule has 28 heavy (non-hydrogen) atoms. The highest BCUT2D eigenvalue weighted by Gasteiger charge is 2.30. The van der Waals surface area contributed by atoms with Gasteiger partial charge in [-0.1, -0.05) is 6.07 Å². The van der Waals surface area contributed by atoms with Gasteiger partial charge in [0.25, 0.3) is 0 Å². The number of rotatable bonds is 5. The number of hydrogen-bond donors (Lipinski definition) is 2. The van der Waals surface area contributed by atoms with Crippen molar-refractivity contribution in [1.29, 1.82) is 0 Å². The molecular formula is C19H26N4O4S. The zero-order chi connectivity index (χ0) is 19.7. The molecule has 0 unspecified atom stereocenters. The van der Waals surface area contributed by atoms with Gasteiger partial charge in [0.15, 0.2) is 0 Å². The van der Waals surface area contributed by atoms with E-state index in [2.05, 4.69) is 10.6 Å². The van der Waals surface area contributed by atoms with Gasteiger partial charge in [0, 0.05) is 32.2 Å². The Morgan fingerprint density at radius 2 is 1.75 bits per heavy atom. The zero-order valence-corrected chi connectivity index (χ0v) is 16.6. The Kier molecular flexibility index (Phi) is 5.39. The molecule has 3 amide bonds. The second-order valence-corrected chi connectivity index (χ2v) is 9.70. The van der Waals surface area contributed by atoms with Crippen LogP contribution in [0.2, 0.25) is 0 Å². The fraction of sp³-hybridized carbons (Fsp3) is 0.579. The maximum absolute atomic E-state index is 12.9. The van der Waals surface area contributed by atoms with E-state index in [1.807, 2.05) is 17.0 Å². The molecule has 3 aliphatic rings. The summed E-state index contributed by atoms with van der Waals surface area (Å²) in [5.74, 6) is -0.368. The molecular weight excluding hydrogens is 380 g/mol. The van der Waals surface area contributed by atoms with Gasteiger partial charge < -0.3 is 5.32 Å². The number of hydrogen-bond acceptors (Lipinski definition) is 5. The minimum atomic E-state index is -3.52. The zero-order valence-electron chi connectivity index (χ0n) is 15.8. The minimum absolute atomic E-state index is 0.0881. The van der Waals surface area contributed by atoms with Gasteiger partial charge in [0.1, 0.15) is 0 Å². The van der Waals surface area contributed by atoms with Crippen molar-refractivity contribution in [3.05, 3.63) is 29.3 Å². The standard InChI is InChI=1S/C19H26N4O4S/c24-18(21-19(25)20-16-5-6-16)13-22-8-10-23(11-9-22)28(26,27)17-7-4-14-2-1-3-15(14)12-17/h4,7,12,16H,1-3,5-6,8-11,13H2,(H2,20,21,24,25). The lowest BCUT2D eigenvalue weighted by Crippen LogP contribution is -2.52. The van der Waals surface area contributed by atoms with Crippen LogP contribution < -0.4 is 10.6 Å². The van der Waals surface area contributed by atoms with Gasteiger partial charge in [-0.05, 0) is 55.4 Å². The quantitative estimate of drug-likeness (QED) is 0.741. The highest BCUT2D eigenvalue weighted by Crippen LogP contribution is 2.26. The van der Waals surface area contributed by atoms with E-state index in [1.54, 1.807) is 6.07 Å². The normalized spacial score (nSPS) is 20.6. The number of nitrogens with zero attached hydrogens (tertiary/aromatic N) is 2. The van der Waals surface area contributed by atoms with Gasteiger partial charge in [-0.15, -0.1) is 0 Å². The van der Waals surface area contributed by atoms with Crippen LogP contribution in [0.3, 0.4) is 0 Å². The van der Waals surface area contributed by atoms with Crippen LogP contribution in [-0.2, 0) is 27.7 Å². The molecule has 4 rings (SSSR count). The molecule has 0 atom stereocenters. The van der Waals surface area contributed by atoms with E-state index in [1.165, 1.54) is 9.87 Å². The minimum Gasteiger partial charge on any atom is -0.335 e. The number of fused-ring (bicyclic) bond motifs is 1. The van der Waals surface area contributed by atoms with Crippen molar-refractivity contribution >= 4 is 22.0 Å². The average Bonchev–Trinajstić information content (AvgIpc) is 3.34. The smallest absolute Gasteiger partial charge is 0.321 e. The van der Waals surface area contributed by atoms with Crippen molar-refractivity contribution in [3.8, 4) is 0 Å². The first-order chi connectivity index (χ1) is 13.4. The van der Waals surface area contributed by atoms with E-state index < -0.39 is 16.1 Å². The van der Waals surface area contributed by atoms with E-state index in [9.17, 15) is 18.0 Å². The topological polar surface area (TPSA) is 98.8 Å². The summed E-state index contributed by atoms with van der Waals surface area (Å²) in [5.41, 5.74) is 2.39. The van der Waals surface area contributed by atoms with Crippen LogP contribution in [0.1, 0.15) is 30.4 Å². The van der Waals surface area contributed by atoms with Crippen LogP contribution in [0.15, 0.2) is 23.1 Å². The summed E-state index contributed by atoms with van der Waals surface area (Å²) < 4.78 is 27.4. The number of aryl methyl sites for hydroxylation is 2. The van der Waals surface area contributed by atoms with Crippen LogP contribution in [0, 0.1) is 0 Å². The lowest BCUT2D eigenvalue weighted by atomic mass is 10.1. The van der Waals surface area contributed by atoms with Crippen molar-refractivity contribution < 1.29 is 18.0 Å². The number of carbonyl (C=O) groups is 2. The Hall–Kier alpha value is -1.97. The van der Waals surface area contributed by atoms with Crippen LogP contribution in [0.25, 0.3) is 0 Å². The number of benzene rings is 1. The molecule has 152 valence electrons. The SMILES string of the molecule is O=C(CN1CCN(S(=O)(=O)c2ccc3c(c2)CCC3)CC1)NC(=O)NC1CC1. The van der Waals surface area contributed by atoms with Crippen molar-refractivity contribution in [2.24, 2.45) is 0 Å². The fourth-order valence-electron chi connectivity index (χ4n) is 3.80. The number of piperazine rings is 1. The summed E-state index contributed by atoms with van der Waals surface area (Å²) in [7, 11) is -3.52. The molecule has 9 heteroatoms. The first kappa shape index (κ1) is 19.4. The largest absolute Gasteiger partial charge is 0.335 e. The molecule has 1 heterocycles. The maximum Gasteiger partial charge on any atom is 0.321 e. The van der Waals surface area contributed by atoms with Gasteiger partial charge in [0.2, 0.25) is 15.9 Å². The number of sulfonamides is 1. The molecule has 1 aromatic carbocycles. The van der Waals surface area contributed by atoms with E-state index in [0.717, 1.165) is 37.7 Å². The number of urea groups is 1. The Labute approximate surface area is 165 Å². The molecule has 1 aromatic rings. The predicted octanol–water partition coefficient (Wildman–Crippen LogP) is 0.470. The lowest BCUT2D eigenvalue weighted by Gasteiger charge is -2.33. The summed E-state index contributed by atoms with van der Waals surface area (Å²) in [6.07, 6.45) is 4.97. The van der Waals surface area contributed by atoms with Crippen LogP contribution in [0.5, 0.6) is 0 Å². The molecule has 8 nitrogen and oxygen atoms in total. The van der Waals surface area contributed by atoms with E-state index in [0.29, 0.717) is 31.1 Å². The Morgan fingerprint density at radius 1 is 1.04 bits per heavy atom. The maximum atomic E-state index is 12.9. The van der Waals surface area contributed by atoms with Crippen molar-refractivity contribution in [2.75, 3.05) is 32.7 Å². The van der Waals surface area contributed by atoms with E-state index >= 15 is 0 Å². The summed E-state index contributed by atoms with van der Waals surface area (Å²) >= 11 is 0. The van der Waals surface area contributed by atoms with Gasteiger partial charge in [-0.2, -0.15) is 4.31 Å². The molecule has 1 aliphatic heterocycles. The molecule has 2 fully saturated rings. The molecule has 1 saturated heterocycles. The number of nitrogens with one attached hydrogen (secondary N) is 2. The highest BCUT2D eigenvalue weighted by molar-refractivity contribution is 7.89. The van der Waals surface area contributed by atoms with Crippen LogP contribution >= 0.6 is 0 Å². The van der Waals surface area contributed by atoms with E-state index in [4.69, 9.17) is 0 Å². The van der Waals surface area contributed by atoms with Gasteiger partial charge in [-0.25, -0.2) is 13.2 Å². The first-order valence-electron chi connectivity index (χ1n) is 9.86. The summed E-state index contributed by atoms with van der Waals surface area (Å²) in [5, 5.41) is 5.04. The highest BCUT2D eigenvalue weighted by atomic mass is 32.2. The first-order valence-corrected chi connectivity index (χ1v) is 11.3. The molecule has 0 aromatic heterocycles. The Morgan fingerprint density at radius 3 is 2.46 bits per heavy atom. The molecule has 1 saturated carbocycles. The molecule has 0 bridgehead atoms. The van der Waals surface area contributed by atoms with Crippen LogP contribution in [0.4, 0.5) is 4.79 Å². The van der Waals surface area contributed by atoms with Crippen molar-refractivity contribution in [1.82, 2.24) is 19.8 Å². The number of imide groups is 1. The average molecular weight is 407 g/mol. The van der Waals surface area contributed by atoms with E-state index in [-0.39, 0.29) is 18.5 Å². The van der Waals surface area contributed by atoms with Gasteiger partial charge in [0.05, 0.1) is 11.4 Å². The third kappa shape index (κ3) is 4.37. The lowest BCUT2D eigenvalue weighted by molar-refractivity contribution is -0.121. The second kappa shape index (κ2) is 7.81. The third-order valence-corrected chi connectivity index (χ3v) is 7.47. The third-order valence-electron chi connectivity index (χ3n) is 5.57. The summed E-state index contributed by atoms with van der Waals surface area (Å²) in [6, 6.07) is 5.20. The molecule has 0 spiro atoms. The Balaban J connectivity index is 1.29. The number of carbonyl (C=O) groups excluding carboxylic acids is 2. The monoisotopic (exact) mass is 406 g/mol.